The molecule has 0 aliphatic heterocycles. The molecule has 0 amide bonds. The van der Waals surface area contributed by atoms with Gasteiger partial charge in [-0.25, -0.2) is 0 Å². The number of halogens is 5. The summed E-state index contributed by atoms with van der Waals surface area (Å²) in [6.45, 7) is -6.27. The van der Waals surface area contributed by atoms with E-state index in [2.05, 4.69) is 9.47 Å². The van der Waals surface area contributed by atoms with E-state index in [1.54, 1.807) is 0 Å². The third-order valence-electron chi connectivity index (χ3n) is 1.91. The van der Waals surface area contributed by atoms with Gasteiger partial charge in [0.25, 0.3) is 0 Å². The van der Waals surface area contributed by atoms with Gasteiger partial charge in [-0.15, -0.1) is 12.4 Å². The lowest BCUT2D eigenvalue weighted by Crippen LogP contribution is -2.19. The fourth-order valence-corrected chi connectivity index (χ4v) is 1.19. The van der Waals surface area contributed by atoms with Crippen molar-refractivity contribution in [1.29, 1.82) is 0 Å². The molecule has 1 aromatic carbocycles. The third-order valence-corrected chi connectivity index (χ3v) is 1.91. The topological polar surface area (TPSA) is 44.5 Å². The molecule has 1 unspecified atom stereocenters. The van der Waals surface area contributed by atoms with Gasteiger partial charge in [0.15, 0.2) is 0 Å². The highest BCUT2D eigenvalue weighted by atomic mass is 35.5. The number of benzene rings is 1. The van der Waals surface area contributed by atoms with Crippen LogP contribution >= 0.6 is 12.4 Å². The summed E-state index contributed by atoms with van der Waals surface area (Å²) in [5.41, 5.74) is 5.92. The van der Waals surface area contributed by atoms with Crippen molar-refractivity contribution in [3.63, 3.8) is 0 Å². The molecular formula is C10H12ClF4NO2. The summed E-state index contributed by atoms with van der Waals surface area (Å²) in [4.78, 5) is 0. The normalized spacial score (nSPS) is 12.4. The maximum Gasteiger partial charge on any atom is 0.387 e. The largest absolute Gasteiger partial charge is 0.435 e. The van der Waals surface area contributed by atoms with Gasteiger partial charge in [0.05, 0.1) is 12.6 Å². The van der Waals surface area contributed by atoms with E-state index in [1.807, 2.05) is 0 Å². The Kier molecular flexibility index (Phi) is 7.65. The average Bonchev–Trinajstić information content (AvgIpc) is 2.25. The van der Waals surface area contributed by atoms with E-state index in [9.17, 15) is 17.6 Å². The highest BCUT2D eigenvalue weighted by Crippen LogP contribution is 2.20. The van der Waals surface area contributed by atoms with E-state index in [0.29, 0.717) is 5.56 Å². The van der Waals surface area contributed by atoms with Crippen LogP contribution in [0, 0.1) is 0 Å². The van der Waals surface area contributed by atoms with Crippen LogP contribution in [0.15, 0.2) is 24.3 Å². The highest BCUT2D eigenvalue weighted by molar-refractivity contribution is 5.85. The van der Waals surface area contributed by atoms with Crippen molar-refractivity contribution in [3.05, 3.63) is 29.8 Å². The van der Waals surface area contributed by atoms with E-state index >= 15 is 0 Å². The van der Waals surface area contributed by atoms with Gasteiger partial charge in [-0.3, -0.25) is 0 Å². The molecule has 0 saturated heterocycles. The van der Waals surface area contributed by atoms with E-state index in [-0.39, 0.29) is 18.2 Å². The highest BCUT2D eigenvalue weighted by Gasteiger charge is 2.12. The van der Waals surface area contributed by atoms with E-state index < -0.39 is 25.9 Å². The van der Waals surface area contributed by atoms with Crippen molar-refractivity contribution in [2.24, 2.45) is 5.73 Å². The Morgan fingerprint density at radius 2 is 1.78 bits per heavy atom. The summed E-state index contributed by atoms with van der Waals surface area (Å²) < 4.78 is 55.6. The molecule has 1 rings (SSSR count). The summed E-state index contributed by atoms with van der Waals surface area (Å²) in [6, 6.07) is 4.69. The van der Waals surface area contributed by atoms with Crippen LogP contribution in [0.1, 0.15) is 11.6 Å². The minimum Gasteiger partial charge on any atom is -0.435 e. The van der Waals surface area contributed by atoms with Crippen molar-refractivity contribution in [2.75, 3.05) is 6.61 Å². The number of ether oxygens (including phenoxy) is 2. The molecule has 0 heterocycles. The molecule has 0 aromatic heterocycles. The second-order valence-corrected chi connectivity index (χ2v) is 3.15. The fraction of sp³-hybridized carbons (Fsp3) is 0.400. The van der Waals surface area contributed by atoms with Crippen molar-refractivity contribution in [2.45, 2.75) is 19.3 Å². The minimum atomic E-state index is -2.95. The molecule has 0 saturated carbocycles. The molecule has 0 aliphatic rings. The molecular weight excluding hydrogens is 278 g/mol. The Bertz CT molecular complexity index is 354. The molecule has 8 heteroatoms. The third kappa shape index (κ3) is 6.04. The zero-order valence-corrected chi connectivity index (χ0v) is 9.88. The number of nitrogens with two attached hydrogens (primary N) is 1. The number of hydrogen-bond donors (Lipinski definition) is 1. The number of hydrogen-bond acceptors (Lipinski definition) is 3. The Hall–Kier alpha value is -1.05. The first-order chi connectivity index (χ1) is 7.99. The van der Waals surface area contributed by atoms with Crippen molar-refractivity contribution in [3.8, 4) is 5.75 Å². The fourth-order valence-electron chi connectivity index (χ4n) is 1.19. The SMILES string of the molecule is Cl.NC(COC(F)F)c1cccc(OC(F)F)c1. The summed E-state index contributed by atoms with van der Waals surface area (Å²) >= 11 is 0. The standard InChI is InChI=1S/C10H11F4NO2.ClH/c11-9(12)16-5-8(15)6-2-1-3-7(4-6)17-10(13)14;/h1-4,8-10H,5,15H2;1H. The van der Waals surface area contributed by atoms with E-state index in [1.165, 1.54) is 24.3 Å². The molecule has 0 fully saturated rings. The Labute approximate surface area is 107 Å². The van der Waals surface area contributed by atoms with Gasteiger partial charge in [0.2, 0.25) is 0 Å². The van der Waals surface area contributed by atoms with Gasteiger partial charge in [-0.2, -0.15) is 17.6 Å². The maximum absolute atomic E-state index is 11.9. The first-order valence-corrected chi connectivity index (χ1v) is 4.69. The van der Waals surface area contributed by atoms with Gasteiger partial charge in [0, 0.05) is 0 Å². The summed E-state index contributed by atoms with van der Waals surface area (Å²) in [6.07, 6.45) is 0. The first kappa shape index (κ1) is 16.9. The Morgan fingerprint density at radius 3 is 2.33 bits per heavy atom. The quantitative estimate of drug-likeness (QED) is 0.819. The van der Waals surface area contributed by atoms with Crippen LogP contribution in [0.5, 0.6) is 5.75 Å². The van der Waals surface area contributed by atoms with Crippen LogP contribution in [-0.4, -0.2) is 19.8 Å². The first-order valence-electron chi connectivity index (χ1n) is 4.69. The number of rotatable bonds is 6. The van der Waals surface area contributed by atoms with Crippen molar-refractivity contribution in [1.82, 2.24) is 0 Å². The van der Waals surface area contributed by atoms with Gasteiger partial charge < -0.3 is 15.2 Å². The van der Waals surface area contributed by atoms with Gasteiger partial charge >= 0.3 is 13.2 Å². The molecule has 3 nitrogen and oxygen atoms in total. The molecule has 104 valence electrons. The van der Waals surface area contributed by atoms with Gasteiger partial charge in [-0.05, 0) is 17.7 Å². The average molecular weight is 290 g/mol. The summed E-state index contributed by atoms with van der Waals surface area (Å²) in [7, 11) is 0. The van der Waals surface area contributed by atoms with Crippen LogP contribution < -0.4 is 10.5 Å². The van der Waals surface area contributed by atoms with Crippen LogP contribution in [0.3, 0.4) is 0 Å². The lowest BCUT2D eigenvalue weighted by molar-refractivity contribution is -0.132. The summed E-state index contributed by atoms with van der Waals surface area (Å²) in [5.74, 6) is -0.0787. The van der Waals surface area contributed by atoms with Crippen LogP contribution in [0.25, 0.3) is 0 Å². The van der Waals surface area contributed by atoms with E-state index in [4.69, 9.17) is 5.73 Å². The zero-order valence-electron chi connectivity index (χ0n) is 9.06. The Morgan fingerprint density at radius 1 is 1.11 bits per heavy atom. The van der Waals surface area contributed by atoms with Gasteiger partial charge in [0.1, 0.15) is 5.75 Å². The minimum absolute atomic E-state index is 0. The van der Waals surface area contributed by atoms with Crippen LogP contribution in [-0.2, 0) is 4.74 Å². The predicted molar refractivity (Wildman–Crippen MR) is 59.2 cm³/mol. The predicted octanol–water partition coefficient (Wildman–Crippen LogP) is 2.95. The van der Waals surface area contributed by atoms with Crippen molar-refractivity contribution < 1.29 is 27.0 Å². The molecule has 0 bridgehead atoms. The smallest absolute Gasteiger partial charge is 0.387 e. The van der Waals surface area contributed by atoms with Crippen LogP contribution in [0.4, 0.5) is 17.6 Å². The zero-order chi connectivity index (χ0) is 12.8. The monoisotopic (exact) mass is 289 g/mol. The molecule has 2 N–H and O–H groups in total. The molecule has 18 heavy (non-hydrogen) atoms. The second kappa shape index (κ2) is 8.12. The van der Waals surface area contributed by atoms with Gasteiger partial charge in [-0.1, -0.05) is 12.1 Å². The second-order valence-electron chi connectivity index (χ2n) is 3.15. The Balaban J connectivity index is 0.00000289. The molecule has 0 spiro atoms. The summed E-state index contributed by atoms with van der Waals surface area (Å²) in [5, 5.41) is 0. The molecule has 1 aromatic rings. The number of alkyl halides is 4. The lowest BCUT2D eigenvalue weighted by Gasteiger charge is -2.13. The maximum atomic E-state index is 11.9. The molecule has 1 atom stereocenters. The van der Waals surface area contributed by atoms with E-state index in [0.717, 1.165) is 0 Å². The molecule has 0 aliphatic carbocycles. The molecule has 0 radical (unpaired) electrons. The lowest BCUT2D eigenvalue weighted by atomic mass is 10.1. The van der Waals surface area contributed by atoms with Crippen LogP contribution in [0.2, 0.25) is 0 Å². The van der Waals surface area contributed by atoms with Crippen molar-refractivity contribution >= 4 is 12.4 Å².